The molecule has 6 nitrogen and oxygen atoms in total. The predicted molar refractivity (Wildman–Crippen MR) is 135 cm³/mol. The number of amides is 2. The lowest BCUT2D eigenvalue weighted by Crippen LogP contribution is -2.51. The van der Waals surface area contributed by atoms with E-state index in [1.165, 1.54) is 25.7 Å². The number of carbonyl (C=O) groups excluding carboxylic acids is 2. The van der Waals surface area contributed by atoms with Gasteiger partial charge in [-0.05, 0) is 49.9 Å². The van der Waals surface area contributed by atoms with Gasteiger partial charge in [0.25, 0.3) is 11.8 Å². The fourth-order valence-electron chi connectivity index (χ4n) is 5.78. The van der Waals surface area contributed by atoms with E-state index in [-0.39, 0.29) is 17.9 Å². The summed E-state index contributed by atoms with van der Waals surface area (Å²) in [6.45, 7) is 5.28. The molecule has 2 aromatic carbocycles. The molecule has 3 fully saturated rings. The Morgan fingerprint density at radius 2 is 1.38 bits per heavy atom. The van der Waals surface area contributed by atoms with Crippen LogP contribution in [-0.2, 0) is 0 Å². The molecule has 3 aliphatic rings. The average Bonchev–Trinajstić information content (AvgIpc) is 3.45. The van der Waals surface area contributed by atoms with Crippen LogP contribution >= 0.6 is 0 Å². The molecule has 1 saturated carbocycles. The highest BCUT2D eigenvalue weighted by Gasteiger charge is 2.30. The van der Waals surface area contributed by atoms with E-state index in [1.807, 2.05) is 53.4 Å². The molecule has 1 N–H and O–H groups in total. The SMILES string of the molecule is O=C(NC1CCN(c2ccccc2C(=O)N2CCN(C3CCCC3)CC2)CC1)c1ccccc1. The molecule has 2 heterocycles. The second kappa shape index (κ2) is 10.6. The number of nitrogens with one attached hydrogen (secondary N) is 1. The normalized spacial score (nSPS) is 20.5. The van der Waals surface area contributed by atoms with Crippen LogP contribution in [0.4, 0.5) is 5.69 Å². The minimum absolute atomic E-state index is 0.00799. The van der Waals surface area contributed by atoms with Crippen LogP contribution in [0.3, 0.4) is 0 Å². The van der Waals surface area contributed by atoms with E-state index in [0.717, 1.165) is 69.4 Å². The number of nitrogens with zero attached hydrogens (tertiary/aromatic N) is 3. The number of rotatable bonds is 5. The van der Waals surface area contributed by atoms with Crippen LogP contribution in [0, 0.1) is 0 Å². The summed E-state index contributed by atoms with van der Waals surface area (Å²) in [6.07, 6.45) is 7.09. The highest BCUT2D eigenvalue weighted by atomic mass is 16.2. The molecule has 6 heteroatoms. The molecule has 2 aliphatic heterocycles. The lowest BCUT2D eigenvalue weighted by atomic mass is 10.0. The van der Waals surface area contributed by atoms with Crippen molar-refractivity contribution in [1.82, 2.24) is 15.1 Å². The minimum Gasteiger partial charge on any atom is -0.371 e. The Bertz CT molecular complexity index is 973. The molecule has 34 heavy (non-hydrogen) atoms. The number of para-hydroxylation sites is 1. The van der Waals surface area contributed by atoms with Crippen molar-refractivity contribution in [2.24, 2.45) is 0 Å². The zero-order valence-electron chi connectivity index (χ0n) is 20.0. The molecule has 0 spiro atoms. The van der Waals surface area contributed by atoms with Gasteiger partial charge >= 0.3 is 0 Å². The Labute approximate surface area is 202 Å². The highest BCUT2D eigenvalue weighted by molar-refractivity contribution is 6.00. The molecule has 0 unspecified atom stereocenters. The number of hydrogen-bond acceptors (Lipinski definition) is 4. The molecule has 0 radical (unpaired) electrons. The van der Waals surface area contributed by atoms with Crippen LogP contribution in [0.15, 0.2) is 54.6 Å². The monoisotopic (exact) mass is 460 g/mol. The third-order valence-electron chi connectivity index (χ3n) is 7.78. The van der Waals surface area contributed by atoms with Crippen molar-refractivity contribution in [2.45, 2.75) is 50.6 Å². The zero-order valence-corrected chi connectivity index (χ0v) is 20.0. The van der Waals surface area contributed by atoms with E-state index >= 15 is 0 Å². The number of benzene rings is 2. The van der Waals surface area contributed by atoms with Crippen LogP contribution in [0.5, 0.6) is 0 Å². The maximum absolute atomic E-state index is 13.5. The number of anilines is 1. The van der Waals surface area contributed by atoms with Crippen LogP contribution in [0.1, 0.15) is 59.2 Å². The van der Waals surface area contributed by atoms with Gasteiger partial charge in [0.05, 0.1) is 5.56 Å². The first kappa shape index (κ1) is 22.9. The van der Waals surface area contributed by atoms with Crippen molar-refractivity contribution in [2.75, 3.05) is 44.2 Å². The summed E-state index contributed by atoms with van der Waals surface area (Å²) in [5, 5.41) is 3.18. The van der Waals surface area contributed by atoms with Gasteiger partial charge in [-0.1, -0.05) is 43.2 Å². The molecule has 0 bridgehead atoms. The Balaban J connectivity index is 1.17. The standard InChI is InChI=1S/C28H36N4O2/c33-27(22-8-2-1-3-9-22)29-23-14-16-31(17-15-23)26-13-7-6-12-25(26)28(34)32-20-18-30(19-21-32)24-10-4-5-11-24/h1-3,6-9,12-13,23-24H,4-5,10-11,14-21H2,(H,29,33). The number of piperazine rings is 1. The molecule has 5 rings (SSSR count). The molecular formula is C28H36N4O2. The molecule has 2 saturated heterocycles. The Morgan fingerprint density at radius 1 is 0.735 bits per heavy atom. The summed E-state index contributed by atoms with van der Waals surface area (Å²) < 4.78 is 0. The number of hydrogen-bond donors (Lipinski definition) is 1. The average molecular weight is 461 g/mol. The van der Waals surface area contributed by atoms with E-state index in [9.17, 15) is 9.59 Å². The first-order valence-electron chi connectivity index (χ1n) is 12.9. The second-order valence-corrected chi connectivity index (χ2v) is 9.88. The summed E-state index contributed by atoms with van der Waals surface area (Å²) in [6, 6.07) is 18.3. The molecule has 1 aliphatic carbocycles. The molecule has 2 amide bonds. The van der Waals surface area contributed by atoms with Gasteiger partial charge in [0.1, 0.15) is 0 Å². The predicted octanol–water partition coefficient (Wildman–Crippen LogP) is 3.79. The summed E-state index contributed by atoms with van der Waals surface area (Å²) >= 11 is 0. The van der Waals surface area contributed by atoms with Crippen molar-refractivity contribution in [3.8, 4) is 0 Å². The lowest BCUT2D eigenvalue weighted by Gasteiger charge is -2.39. The minimum atomic E-state index is -0.00799. The van der Waals surface area contributed by atoms with Crippen LogP contribution in [0.25, 0.3) is 0 Å². The quantitative estimate of drug-likeness (QED) is 0.738. The summed E-state index contributed by atoms with van der Waals surface area (Å²) in [4.78, 5) is 32.9. The van der Waals surface area contributed by atoms with Gasteiger partial charge in [-0.3, -0.25) is 14.5 Å². The maximum atomic E-state index is 13.5. The van der Waals surface area contributed by atoms with Crippen molar-refractivity contribution in [3.63, 3.8) is 0 Å². The van der Waals surface area contributed by atoms with E-state index in [1.54, 1.807) is 0 Å². The van der Waals surface area contributed by atoms with Crippen molar-refractivity contribution < 1.29 is 9.59 Å². The van der Waals surface area contributed by atoms with Gasteiger partial charge in [0.2, 0.25) is 0 Å². The Hall–Kier alpha value is -2.86. The molecular weight excluding hydrogens is 424 g/mol. The third-order valence-corrected chi connectivity index (χ3v) is 7.78. The highest BCUT2D eigenvalue weighted by Crippen LogP contribution is 2.28. The Morgan fingerprint density at radius 3 is 2.09 bits per heavy atom. The van der Waals surface area contributed by atoms with Gasteiger partial charge < -0.3 is 15.1 Å². The van der Waals surface area contributed by atoms with Crippen molar-refractivity contribution in [3.05, 3.63) is 65.7 Å². The van der Waals surface area contributed by atoms with E-state index in [4.69, 9.17) is 0 Å². The summed E-state index contributed by atoms with van der Waals surface area (Å²) in [7, 11) is 0. The summed E-state index contributed by atoms with van der Waals surface area (Å²) in [5.41, 5.74) is 2.54. The van der Waals surface area contributed by atoms with Gasteiger partial charge in [-0.15, -0.1) is 0 Å². The lowest BCUT2D eigenvalue weighted by molar-refractivity contribution is 0.0574. The van der Waals surface area contributed by atoms with E-state index in [0.29, 0.717) is 5.56 Å². The third kappa shape index (κ3) is 5.12. The van der Waals surface area contributed by atoms with Crippen LogP contribution < -0.4 is 10.2 Å². The first-order chi connectivity index (χ1) is 16.7. The molecule has 180 valence electrons. The first-order valence-corrected chi connectivity index (χ1v) is 12.9. The largest absolute Gasteiger partial charge is 0.371 e. The molecule has 2 aromatic rings. The number of piperidine rings is 1. The van der Waals surface area contributed by atoms with E-state index < -0.39 is 0 Å². The van der Waals surface area contributed by atoms with Crippen molar-refractivity contribution in [1.29, 1.82) is 0 Å². The molecule has 0 atom stereocenters. The van der Waals surface area contributed by atoms with Crippen LogP contribution in [-0.4, -0.2) is 73.0 Å². The van der Waals surface area contributed by atoms with E-state index in [2.05, 4.69) is 21.2 Å². The molecule has 0 aromatic heterocycles. The fraction of sp³-hybridized carbons (Fsp3) is 0.500. The van der Waals surface area contributed by atoms with Crippen LogP contribution in [0.2, 0.25) is 0 Å². The maximum Gasteiger partial charge on any atom is 0.256 e. The van der Waals surface area contributed by atoms with Gasteiger partial charge in [0.15, 0.2) is 0 Å². The number of carbonyl (C=O) groups is 2. The topological polar surface area (TPSA) is 55.9 Å². The fourth-order valence-corrected chi connectivity index (χ4v) is 5.78. The van der Waals surface area contributed by atoms with Crippen molar-refractivity contribution >= 4 is 17.5 Å². The van der Waals surface area contributed by atoms with Gasteiger partial charge in [0, 0.05) is 62.6 Å². The Kier molecular flexibility index (Phi) is 7.14. The second-order valence-electron chi connectivity index (χ2n) is 9.88. The van der Waals surface area contributed by atoms with Gasteiger partial charge in [-0.25, -0.2) is 0 Å². The van der Waals surface area contributed by atoms with Gasteiger partial charge in [-0.2, -0.15) is 0 Å². The smallest absolute Gasteiger partial charge is 0.256 e. The zero-order chi connectivity index (χ0) is 23.3. The summed E-state index contributed by atoms with van der Waals surface area (Å²) in [5.74, 6) is 0.146.